The van der Waals surface area contributed by atoms with Crippen molar-refractivity contribution in [3.63, 3.8) is 0 Å². The van der Waals surface area contributed by atoms with Gasteiger partial charge in [-0.15, -0.1) is 0 Å². The molecular weight excluding hydrogens is 415 g/mol. The van der Waals surface area contributed by atoms with Crippen LogP contribution in [0.4, 0.5) is 0 Å². The molecule has 0 N–H and O–H groups in total. The molecule has 3 heterocycles. The van der Waals surface area contributed by atoms with Crippen LogP contribution in [-0.4, -0.2) is 43.8 Å². The molecule has 2 saturated heterocycles. The average molecular weight is 432 g/mol. The van der Waals surface area contributed by atoms with E-state index in [0.29, 0.717) is 29.5 Å². The molecule has 3 rings (SSSR count). The van der Waals surface area contributed by atoms with E-state index in [4.69, 9.17) is 0 Å². The first kappa shape index (κ1) is 16.2. The second-order valence-electron chi connectivity index (χ2n) is 5.77. The summed E-state index contributed by atoms with van der Waals surface area (Å²) in [7, 11) is 0. The Morgan fingerprint density at radius 3 is 2.00 bits per heavy atom. The van der Waals surface area contributed by atoms with Crippen molar-refractivity contribution in [1.82, 2.24) is 18.9 Å². The summed E-state index contributed by atoms with van der Waals surface area (Å²) in [6.07, 6.45) is 3.95. The summed E-state index contributed by atoms with van der Waals surface area (Å²) in [6, 6.07) is 0. The van der Waals surface area contributed by atoms with Crippen LogP contribution in [0.15, 0.2) is 15.8 Å². The standard InChI is InChI=1S/C14H17IN4O4/c15-10-7-18(8-16-5-1-3-11(16)20)14(23)19(13(10)22)9-17-6-2-4-12(17)21/h7H,1-6,8-9H2. The van der Waals surface area contributed by atoms with Gasteiger partial charge in [0.05, 0.1) is 3.57 Å². The molecule has 9 heteroatoms. The van der Waals surface area contributed by atoms with Crippen molar-refractivity contribution < 1.29 is 9.59 Å². The smallest absolute Gasteiger partial charge is 0.324 e. The fraction of sp³-hybridized carbons (Fsp3) is 0.571. The third-order valence-electron chi connectivity index (χ3n) is 4.17. The highest BCUT2D eigenvalue weighted by Crippen LogP contribution is 2.11. The van der Waals surface area contributed by atoms with Gasteiger partial charge in [-0.1, -0.05) is 0 Å². The minimum atomic E-state index is -0.491. The van der Waals surface area contributed by atoms with Crippen LogP contribution in [0, 0.1) is 3.57 Å². The van der Waals surface area contributed by atoms with Crippen LogP contribution in [0.5, 0.6) is 0 Å². The Morgan fingerprint density at radius 2 is 1.48 bits per heavy atom. The molecule has 124 valence electrons. The first-order valence-electron chi connectivity index (χ1n) is 7.52. The molecule has 0 aromatic carbocycles. The van der Waals surface area contributed by atoms with Gasteiger partial charge in [0.2, 0.25) is 11.8 Å². The van der Waals surface area contributed by atoms with E-state index in [2.05, 4.69) is 0 Å². The molecule has 0 saturated carbocycles. The lowest BCUT2D eigenvalue weighted by molar-refractivity contribution is -0.129. The number of aromatic nitrogens is 2. The summed E-state index contributed by atoms with van der Waals surface area (Å²) < 4.78 is 2.83. The number of halogens is 1. The molecule has 2 fully saturated rings. The first-order chi connectivity index (χ1) is 11.0. The van der Waals surface area contributed by atoms with Crippen molar-refractivity contribution in [2.75, 3.05) is 13.1 Å². The average Bonchev–Trinajstić information content (AvgIpc) is 3.10. The van der Waals surface area contributed by atoms with E-state index in [1.807, 2.05) is 22.6 Å². The number of hydrogen-bond donors (Lipinski definition) is 0. The van der Waals surface area contributed by atoms with E-state index < -0.39 is 11.2 Å². The molecule has 0 bridgehead atoms. The van der Waals surface area contributed by atoms with Gasteiger partial charge in [0.25, 0.3) is 5.56 Å². The lowest BCUT2D eigenvalue weighted by atomic mass is 10.4. The SMILES string of the molecule is O=C1CCCN1Cn1cc(I)c(=O)n(CN2CCCC2=O)c1=O. The monoisotopic (exact) mass is 432 g/mol. The highest BCUT2D eigenvalue weighted by atomic mass is 127. The Kier molecular flexibility index (Phi) is 4.55. The Labute approximate surface area is 145 Å². The van der Waals surface area contributed by atoms with Crippen molar-refractivity contribution in [3.05, 3.63) is 30.6 Å². The molecule has 2 aliphatic rings. The Morgan fingerprint density at radius 1 is 0.913 bits per heavy atom. The first-order valence-corrected chi connectivity index (χ1v) is 8.60. The zero-order chi connectivity index (χ0) is 16.6. The predicted octanol–water partition coefficient (Wildman–Crippen LogP) is -0.226. The zero-order valence-electron chi connectivity index (χ0n) is 12.5. The largest absolute Gasteiger partial charge is 0.334 e. The van der Waals surface area contributed by atoms with Gasteiger partial charge in [-0.05, 0) is 35.4 Å². The second kappa shape index (κ2) is 6.46. The quantitative estimate of drug-likeness (QED) is 0.616. The molecule has 2 amide bonds. The lowest BCUT2D eigenvalue weighted by Gasteiger charge is -2.20. The van der Waals surface area contributed by atoms with Crippen LogP contribution in [0.3, 0.4) is 0 Å². The molecule has 0 atom stereocenters. The van der Waals surface area contributed by atoms with Gasteiger partial charge in [0.15, 0.2) is 0 Å². The number of carbonyl (C=O) groups is 2. The number of hydrogen-bond acceptors (Lipinski definition) is 4. The van der Waals surface area contributed by atoms with Crippen molar-refractivity contribution >= 4 is 34.4 Å². The summed E-state index contributed by atoms with van der Waals surface area (Å²) in [5.74, 6) is -0.0317. The number of carbonyl (C=O) groups excluding carboxylic acids is 2. The van der Waals surface area contributed by atoms with E-state index in [1.54, 1.807) is 4.90 Å². The predicted molar refractivity (Wildman–Crippen MR) is 89.6 cm³/mol. The van der Waals surface area contributed by atoms with Crippen LogP contribution in [0.2, 0.25) is 0 Å². The molecule has 0 aliphatic carbocycles. The van der Waals surface area contributed by atoms with Crippen molar-refractivity contribution in [3.8, 4) is 0 Å². The third-order valence-corrected chi connectivity index (χ3v) is 4.91. The van der Waals surface area contributed by atoms with Gasteiger partial charge in [0.1, 0.15) is 13.3 Å². The Hall–Kier alpha value is -1.65. The molecule has 0 unspecified atom stereocenters. The van der Waals surface area contributed by atoms with Gasteiger partial charge in [-0.3, -0.25) is 19.0 Å². The summed E-state index contributed by atoms with van der Waals surface area (Å²) in [4.78, 5) is 51.4. The molecular formula is C14H17IN4O4. The number of nitrogens with zero attached hydrogens (tertiary/aromatic N) is 4. The molecule has 1 aromatic heterocycles. The van der Waals surface area contributed by atoms with Gasteiger partial charge < -0.3 is 9.80 Å². The summed E-state index contributed by atoms with van der Waals surface area (Å²) in [5.41, 5.74) is -0.894. The Balaban J connectivity index is 1.92. The highest BCUT2D eigenvalue weighted by molar-refractivity contribution is 14.1. The zero-order valence-corrected chi connectivity index (χ0v) is 14.7. The summed E-state index contributed by atoms with van der Waals surface area (Å²) >= 11 is 1.88. The molecule has 0 spiro atoms. The lowest BCUT2D eigenvalue weighted by Crippen LogP contribution is -2.47. The Bertz CT molecular complexity index is 769. The normalized spacial score (nSPS) is 18.3. The van der Waals surface area contributed by atoms with Crippen LogP contribution in [0.1, 0.15) is 25.7 Å². The van der Waals surface area contributed by atoms with Crippen LogP contribution < -0.4 is 11.2 Å². The van der Waals surface area contributed by atoms with Crippen molar-refractivity contribution in [2.24, 2.45) is 0 Å². The number of amides is 2. The second-order valence-corrected chi connectivity index (χ2v) is 6.93. The fourth-order valence-electron chi connectivity index (χ4n) is 2.91. The summed E-state index contributed by atoms with van der Waals surface area (Å²) in [6.45, 7) is 1.29. The summed E-state index contributed by atoms with van der Waals surface area (Å²) in [5, 5.41) is 0. The number of likely N-dealkylation sites (tertiary alicyclic amines) is 2. The van der Waals surface area contributed by atoms with Crippen LogP contribution in [-0.2, 0) is 22.9 Å². The van der Waals surface area contributed by atoms with E-state index in [1.165, 1.54) is 15.7 Å². The third kappa shape index (κ3) is 3.19. The van der Waals surface area contributed by atoms with E-state index >= 15 is 0 Å². The topological polar surface area (TPSA) is 84.6 Å². The van der Waals surface area contributed by atoms with E-state index in [-0.39, 0.29) is 25.2 Å². The van der Waals surface area contributed by atoms with Crippen molar-refractivity contribution in [1.29, 1.82) is 0 Å². The van der Waals surface area contributed by atoms with Gasteiger partial charge >= 0.3 is 5.69 Å². The minimum absolute atomic E-state index is 0.0133. The van der Waals surface area contributed by atoms with E-state index in [0.717, 1.165) is 17.4 Å². The maximum Gasteiger partial charge on any atom is 0.334 e. The maximum atomic E-state index is 12.6. The molecule has 23 heavy (non-hydrogen) atoms. The molecule has 2 aliphatic heterocycles. The molecule has 8 nitrogen and oxygen atoms in total. The van der Waals surface area contributed by atoms with Gasteiger partial charge in [0, 0.05) is 32.1 Å². The van der Waals surface area contributed by atoms with Gasteiger partial charge in [-0.25, -0.2) is 9.36 Å². The van der Waals surface area contributed by atoms with Gasteiger partial charge in [-0.2, -0.15) is 0 Å². The number of rotatable bonds is 4. The molecule has 1 aromatic rings. The highest BCUT2D eigenvalue weighted by Gasteiger charge is 2.24. The van der Waals surface area contributed by atoms with E-state index in [9.17, 15) is 19.2 Å². The van der Waals surface area contributed by atoms with Crippen molar-refractivity contribution in [2.45, 2.75) is 39.0 Å². The maximum absolute atomic E-state index is 12.6. The minimum Gasteiger partial charge on any atom is -0.324 e. The fourth-order valence-corrected chi connectivity index (χ4v) is 3.53. The molecule has 0 radical (unpaired) electrons. The van der Waals surface area contributed by atoms with Crippen LogP contribution in [0.25, 0.3) is 0 Å². The van der Waals surface area contributed by atoms with Crippen LogP contribution >= 0.6 is 22.6 Å².